The number of H-pyrrole nitrogens is 1. The summed E-state index contributed by atoms with van der Waals surface area (Å²) in [6, 6.07) is 5.42. The van der Waals surface area contributed by atoms with Crippen molar-refractivity contribution in [1.29, 1.82) is 0 Å². The van der Waals surface area contributed by atoms with Crippen molar-refractivity contribution in [3.8, 4) is 11.6 Å². The van der Waals surface area contributed by atoms with E-state index in [1.54, 1.807) is 12.1 Å². The van der Waals surface area contributed by atoms with Crippen molar-refractivity contribution in [3.63, 3.8) is 0 Å². The molecule has 0 aliphatic carbocycles. The molecule has 0 radical (unpaired) electrons. The maximum Gasteiger partial charge on any atom is 0.335 e. The van der Waals surface area contributed by atoms with Crippen molar-refractivity contribution in [2.24, 2.45) is 4.99 Å². The van der Waals surface area contributed by atoms with Crippen molar-refractivity contribution in [3.05, 3.63) is 55.7 Å². The van der Waals surface area contributed by atoms with Gasteiger partial charge >= 0.3 is 5.69 Å². The number of nitrogens with zero attached hydrogens (tertiary/aromatic N) is 2. The van der Waals surface area contributed by atoms with Crippen LogP contribution in [0.15, 0.2) is 32.8 Å². The highest BCUT2D eigenvalue weighted by atomic mass is 16.5. The summed E-state index contributed by atoms with van der Waals surface area (Å²) in [5.74, 6) is -0.418. The Kier molecular flexibility index (Phi) is 4.85. The van der Waals surface area contributed by atoms with E-state index < -0.39 is 17.1 Å². The number of aliphatic imine (C=N–C) groups is 1. The molecular formula is C18H21N3O4. The normalized spacial score (nSPS) is 17.4. The lowest BCUT2D eigenvalue weighted by Crippen LogP contribution is -2.31. The summed E-state index contributed by atoms with van der Waals surface area (Å²) < 4.78 is 6.57. The number of aromatic hydroxyl groups is 1. The Hall–Kier alpha value is -2.67. The van der Waals surface area contributed by atoms with Gasteiger partial charge in [0.1, 0.15) is 5.56 Å². The van der Waals surface area contributed by atoms with E-state index in [-0.39, 0.29) is 11.7 Å². The largest absolute Gasteiger partial charge is 0.493 e. The lowest BCUT2D eigenvalue weighted by atomic mass is 10.1. The van der Waals surface area contributed by atoms with Crippen LogP contribution in [0.25, 0.3) is 5.69 Å². The smallest absolute Gasteiger partial charge is 0.335 e. The molecule has 0 bridgehead atoms. The zero-order valence-corrected chi connectivity index (χ0v) is 14.3. The molecule has 25 heavy (non-hydrogen) atoms. The lowest BCUT2D eigenvalue weighted by molar-refractivity contribution is 0.118. The van der Waals surface area contributed by atoms with E-state index in [4.69, 9.17) is 4.74 Å². The zero-order valence-electron chi connectivity index (χ0n) is 14.3. The fourth-order valence-corrected chi connectivity index (χ4v) is 2.91. The number of rotatable bonds is 4. The van der Waals surface area contributed by atoms with Crippen molar-refractivity contribution >= 4 is 6.21 Å². The first-order valence-electron chi connectivity index (χ1n) is 8.25. The maximum absolute atomic E-state index is 12.2. The van der Waals surface area contributed by atoms with Gasteiger partial charge in [0.15, 0.2) is 0 Å². The minimum atomic E-state index is -0.688. The lowest BCUT2D eigenvalue weighted by Gasteiger charge is -2.13. The van der Waals surface area contributed by atoms with Gasteiger partial charge < -0.3 is 9.84 Å². The molecule has 7 nitrogen and oxygen atoms in total. The number of aromatic nitrogens is 2. The first-order chi connectivity index (χ1) is 12.0. The zero-order chi connectivity index (χ0) is 18.0. The number of nitrogens with one attached hydrogen (secondary N) is 1. The average Bonchev–Trinajstić information content (AvgIpc) is 3.07. The molecule has 1 atom stereocenters. The summed E-state index contributed by atoms with van der Waals surface area (Å²) in [7, 11) is 0. The summed E-state index contributed by atoms with van der Waals surface area (Å²) in [5, 5.41) is 10.5. The first kappa shape index (κ1) is 17.2. The van der Waals surface area contributed by atoms with Crippen LogP contribution in [0, 0.1) is 13.8 Å². The second kappa shape index (κ2) is 7.06. The topological polar surface area (TPSA) is 96.7 Å². The van der Waals surface area contributed by atoms with Gasteiger partial charge in [-0.05, 0) is 43.9 Å². The quantitative estimate of drug-likeness (QED) is 0.821. The van der Waals surface area contributed by atoms with E-state index >= 15 is 0 Å². The molecule has 0 saturated carbocycles. The maximum atomic E-state index is 12.2. The van der Waals surface area contributed by atoms with E-state index in [2.05, 4.69) is 9.98 Å². The van der Waals surface area contributed by atoms with Gasteiger partial charge in [0, 0.05) is 12.8 Å². The average molecular weight is 343 g/mol. The molecule has 132 valence electrons. The minimum absolute atomic E-state index is 0.0431. The Morgan fingerprint density at radius 2 is 2.20 bits per heavy atom. The summed E-state index contributed by atoms with van der Waals surface area (Å²) in [6.07, 6.45) is 3.28. The fourth-order valence-electron chi connectivity index (χ4n) is 2.91. The van der Waals surface area contributed by atoms with Crippen molar-refractivity contribution in [2.45, 2.75) is 32.8 Å². The predicted octanol–water partition coefficient (Wildman–Crippen LogP) is 1.45. The Morgan fingerprint density at radius 3 is 2.92 bits per heavy atom. The number of hydrogen-bond donors (Lipinski definition) is 2. The SMILES string of the molecule is Cc1cccc(-n2c(O)c(C=NCC3CCCO3)c(=O)[nH]c2=O)c1C. The molecule has 7 heteroatoms. The highest BCUT2D eigenvalue weighted by molar-refractivity contribution is 5.82. The molecule has 1 aromatic heterocycles. The molecule has 3 rings (SSSR count). The van der Waals surface area contributed by atoms with Gasteiger partial charge in [0.25, 0.3) is 5.56 Å². The van der Waals surface area contributed by atoms with Crippen molar-refractivity contribution in [1.82, 2.24) is 9.55 Å². The van der Waals surface area contributed by atoms with E-state index in [1.165, 1.54) is 6.21 Å². The molecule has 2 N–H and O–H groups in total. The monoisotopic (exact) mass is 343 g/mol. The minimum Gasteiger partial charge on any atom is -0.493 e. The van der Waals surface area contributed by atoms with Gasteiger partial charge in [0.05, 0.1) is 18.3 Å². The highest BCUT2D eigenvalue weighted by Crippen LogP contribution is 2.21. The van der Waals surface area contributed by atoms with E-state index in [0.29, 0.717) is 12.2 Å². The summed E-state index contributed by atoms with van der Waals surface area (Å²) in [4.78, 5) is 30.8. The molecule has 0 amide bonds. The predicted molar refractivity (Wildman–Crippen MR) is 95.2 cm³/mol. The van der Waals surface area contributed by atoms with Crippen LogP contribution in [-0.4, -0.2) is 40.1 Å². The molecule has 0 spiro atoms. The number of ether oxygens (including phenoxy) is 1. The second-order valence-corrected chi connectivity index (χ2v) is 6.18. The van der Waals surface area contributed by atoms with Gasteiger partial charge in [-0.1, -0.05) is 12.1 Å². The van der Waals surface area contributed by atoms with Crippen LogP contribution in [0.5, 0.6) is 5.88 Å². The third kappa shape index (κ3) is 3.41. The van der Waals surface area contributed by atoms with Crippen molar-refractivity contribution in [2.75, 3.05) is 13.2 Å². The summed E-state index contributed by atoms with van der Waals surface area (Å²) in [5.41, 5.74) is 0.941. The number of hydrogen-bond acceptors (Lipinski definition) is 5. The van der Waals surface area contributed by atoms with Gasteiger partial charge in [-0.15, -0.1) is 0 Å². The van der Waals surface area contributed by atoms with Gasteiger partial charge in [-0.25, -0.2) is 9.36 Å². The van der Waals surface area contributed by atoms with Crippen LogP contribution in [0.2, 0.25) is 0 Å². The van der Waals surface area contributed by atoms with Crippen LogP contribution in [0.1, 0.15) is 29.5 Å². The third-order valence-electron chi connectivity index (χ3n) is 4.49. The van der Waals surface area contributed by atoms with Crippen LogP contribution >= 0.6 is 0 Å². The molecule has 1 aromatic carbocycles. The Labute approximate surface area is 144 Å². The van der Waals surface area contributed by atoms with E-state index in [1.807, 2.05) is 19.9 Å². The third-order valence-corrected chi connectivity index (χ3v) is 4.49. The summed E-state index contributed by atoms with van der Waals surface area (Å²) in [6.45, 7) is 4.91. The van der Waals surface area contributed by atoms with Gasteiger partial charge in [0.2, 0.25) is 5.88 Å². The molecule has 2 heterocycles. The standard InChI is InChI=1S/C18H21N3O4/c1-11-5-3-7-15(12(11)2)21-17(23)14(16(22)20-18(21)24)10-19-9-13-6-4-8-25-13/h3,5,7,10,13,23H,4,6,8-9H2,1-2H3,(H,20,22,24). The van der Waals surface area contributed by atoms with Crippen molar-refractivity contribution < 1.29 is 9.84 Å². The highest BCUT2D eigenvalue weighted by Gasteiger charge is 2.17. The molecule has 1 saturated heterocycles. The van der Waals surface area contributed by atoms with E-state index in [9.17, 15) is 14.7 Å². The molecule has 1 aliphatic heterocycles. The molecule has 1 fully saturated rings. The Morgan fingerprint density at radius 1 is 1.40 bits per heavy atom. The van der Waals surface area contributed by atoms with Crippen LogP contribution in [-0.2, 0) is 4.74 Å². The number of aryl methyl sites for hydroxylation is 1. The molecular weight excluding hydrogens is 322 g/mol. The summed E-state index contributed by atoms with van der Waals surface area (Å²) >= 11 is 0. The van der Waals surface area contributed by atoms with E-state index in [0.717, 1.165) is 35.1 Å². The molecule has 2 aromatic rings. The van der Waals surface area contributed by atoms with Crippen LogP contribution < -0.4 is 11.2 Å². The Bertz CT molecular complexity index is 921. The van der Waals surface area contributed by atoms with Gasteiger partial charge in [-0.2, -0.15) is 0 Å². The Balaban J connectivity index is 2.03. The van der Waals surface area contributed by atoms with Crippen LogP contribution in [0.3, 0.4) is 0 Å². The molecule has 1 aliphatic rings. The fraction of sp³-hybridized carbons (Fsp3) is 0.389. The molecule has 1 unspecified atom stereocenters. The van der Waals surface area contributed by atoms with Gasteiger partial charge in [-0.3, -0.25) is 14.8 Å². The first-order valence-corrected chi connectivity index (χ1v) is 8.25. The van der Waals surface area contributed by atoms with Crippen LogP contribution in [0.4, 0.5) is 0 Å². The second-order valence-electron chi connectivity index (χ2n) is 6.18. The number of benzene rings is 1. The number of aromatic amines is 1.